The lowest BCUT2D eigenvalue weighted by molar-refractivity contribution is 0.362. The molecule has 0 amide bonds. The number of benzene rings is 1. The van der Waals surface area contributed by atoms with Crippen LogP contribution in [0.3, 0.4) is 0 Å². The highest BCUT2D eigenvalue weighted by atomic mass is 16.3. The van der Waals surface area contributed by atoms with Crippen LogP contribution in [0.25, 0.3) is 0 Å². The number of hydrogen-bond acceptors (Lipinski definition) is 2. The molecule has 0 bridgehead atoms. The second-order valence-electron chi connectivity index (χ2n) is 4.77. The highest BCUT2D eigenvalue weighted by molar-refractivity contribution is 5.32. The second kappa shape index (κ2) is 3.28. The summed E-state index contributed by atoms with van der Waals surface area (Å²) in [6.07, 6.45) is 0. The zero-order chi connectivity index (χ0) is 10.2. The molecule has 2 rings (SSSR count). The molecule has 1 aromatic carbocycles. The van der Waals surface area contributed by atoms with Crippen molar-refractivity contribution in [2.45, 2.75) is 19.8 Å². The van der Waals surface area contributed by atoms with Crippen LogP contribution in [0.1, 0.15) is 25.3 Å². The van der Waals surface area contributed by atoms with E-state index in [9.17, 15) is 5.11 Å². The summed E-state index contributed by atoms with van der Waals surface area (Å²) < 4.78 is 0. The maximum atomic E-state index is 9.42. The van der Waals surface area contributed by atoms with Crippen molar-refractivity contribution in [3.63, 3.8) is 0 Å². The quantitative estimate of drug-likeness (QED) is 0.712. The van der Waals surface area contributed by atoms with Crippen LogP contribution in [0.15, 0.2) is 24.3 Å². The van der Waals surface area contributed by atoms with Gasteiger partial charge >= 0.3 is 0 Å². The maximum absolute atomic E-state index is 9.42. The van der Waals surface area contributed by atoms with Gasteiger partial charge in [-0.05, 0) is 23.1 Å². The lowest BCUT2D eigenvalue weighted by Crippen LogP contribution is -2.20. The summed E-state index contributed by atoms with van der Waals surface area (Å²) in [7, 11) is 0. The van der Waals surface area contributed by atoms with Gasteiger partial charge in [0.25, 0.3) is 0 Å². The monoisotopic (exact) mass is 191 g/mol. The van der Waals surface area contributed by atoms with Crippen LogP contribution < -0.4 is 5.32 Å². The number of rotatable bonds is 1. The first-order valence-corrected chi connectivity index (χ1v) is 5.09. The fraction of sp³-hybridized carbons (Fsp3) is 0.500. The standard InChI is InChI=1S/C12H17NO/c1-12(2)8-13-7-11(12)9-4-3-5-10(14)6-9/h3-6,11,13-14H,7-8H2,1-2H3. The summed E-state index contributed by atoms with van der Waals surface area (Å²) in [6.45, 7) is 6.59. The van der Waals surface area contributed by atoms with Crippen LogP contribution in [-0.2, 0) is 0 Å². The van der Waals surface area contributed by atoms with E-state index in [1.807, 2.05) is 12.1 Å². The number of nitrogens with one attached hydrogen (secondary N) is 1. The molecule has 1 aromatic rings. The van der Waals surface area contributed by atoms with Gasteiger partial charge in [-0.3, -0.25) is 0 Å². The molecule has 1 aliphatic rings. The minimum Gasteiger partial charge on any atom is -0.508 e. The average molecular weight is 191 g/mol. The van der Waals surface area contributed by atoms with Gasteiger partial charge in [-0.15, -0.1) is 0 Å². The maximum Gasteiger partial charge on any atom is 0.115 e. The molecule has 0 aromatic heterocycles. The van der Waals surface area contributed by atoms with Gasteiger partial charge in [0.15, 0.2) is 0 Å². The number of hydrogen-bond donors (Lipinski definition) is 2. The third kappa shape index (κ3) is 1.62. The fourth-order valence-electron chi connectivity index (χ4n) is 2.25. The Morgan fingerprint density at radius 3 is 2.79 bits per heavy atom. The molecule has 1 aliphatic heterocycles. The smallest absolute Gasteiger partial charge is 0.115 e. The van der Waals surface area contributed by atoms with Gasteiger partial charge in [0, 0.05) is 19.0 Å². The molecule has 1 atom stereocenters. The van der Waals surface area contributed by atoms with Crippen LogP contribution >= 0.6 is 0 Å². The summed E-state index contributed by atoms with van der Waals surface area (Å²) in [6, 6.07) is 7.61. The van der Waals surface area contributed by atoms with E-state index in [1.165, 1.54) is 5.56 Å². The molecular weight excluding hydrogens is 174 g/mol. The van der Waals surface area contributed by atoms with Gasteiger partial charge in [-0.2, -0.15) is 0 Å². The summed E-state index contributed by atoms with van der Waals surface area (Å²) >= 11 is 0. The van der Waals surface area contributed by atoms with Crippen LogP contribution in [-0.4, -0.2) is 18.2 Å². The molecule has 2 N–H and O–H groups in total. The molecule has 0 radical (unpaired) electrons. The average Bonchev–Trinajstić information content (AvgIpc) is 2.45. The molecule has 2 nitrogen and oxygen atoms in total. The Morgan fingerprint density at radius 2 is 2.21 bits per heavy atom. The van der Waals surface area contributed by atoms with E-state index in [1.54, 1.807) is 6.07 Å². The lowest BCUT2D eigenvalue weighted by Gasteiger charge is -2.26. The van der Waals surface area contributed by atoms with Gasteiger partial charge in [0.2, 0.25) is 0 Å². The second-order valence-corrected chi connectivity index (χ2v) is 4.77. The number of aromatic hydroxyl groups is 1. The minimum absolute atomic E-state index is 0.286. The van der Waals surface area contributed by atoms with Crippen molar-refractivity contribution in [1.82, 2.24) is 5.32 Å². The van der Waals surface area contributed by atoms with E-state index in [0.29, 0.717) is 11.7 Å². The third-order valence-corrected chi connectivity index (χ3v) is 3.14. The predicted molar refractivity (Wildman–Crippen MR) is 57.5 cm³/mol. The van der Waals surface area contributed by atoms with E-state index in [0.717, 1.165) is 13.1 Å². The molecule has 14 heavy (non-hydrogen) atoms. The first kappa shape index (κ1) is 9.53. The van der Waals surface area contributed by atoms with Gasteiger partial charge in [0.1, 0.15) is 5.75 Å². The zero-order valence-electron chi connectivity index (χ0n) is 8.75. The van der Waals surface area contributed by atoms with Gasteiger partial charge in [0.05, 0.1) is 0 Å². The third-order valence-electron chi connectivity index (χ3n) is 3.14. The molecule has 76 valence electrons. The Balaban J connectivity index is 2.31. The van der Waals surface area contributed by atoms with Crippen molar-refractivity contribution in [3.8, 4) is 5.75 Å². The molecule has 0 spiro atoms. The van der Waals surface area contributed by atoms with Crippen molar-refractivity contribution in [3.05, 3.63) is 29.8 Å². The number of phenols is 1. The SMILES string of the molecule is CC1(C)CNCC1c1cccc(O)c1. The lowest BCUT2D eigenvalue weighted by atomic mass is 9.78. The molecular formula is C12H17NO. The Labute approximate surface area is 85.0 Å². The van der Waals surface area contributed by atoms with Gasteiger partial charge in [-0.25, -0.2) is 0 Å². The summed E-state index contributed by atoms with van der Waals surface area (Å²) in [5.74, 6) is 0.875. The van der Waals surface area contributed by atoms with Crippen molar-refractivity contribution < 1.29 is 5.11 Å². The summed E-state index contributed by atoms with van der Waals surface area (Å²) in [5.41, 5.74) is 1.52. The normalized spacial score (nSPS) is 25.1. The van der Waals surface area contributed by atoms with Crippen LogP contribution in [0.2, 0.25) is 0 Å². The summed E-state index contributed by atoms with van der Waals surface area (Å²) in [4.78, 5) is 0. The Hall–Kier alpha value is -1.02. The van der Waals surface area contributed by atoms with E-state index >= 15 is 0 Å². The van der Waals surface area contributed by atoms with Crippen molar-refractivity contribution in [2.75, 3.05) is 13.1 Å². The van der Waals surface area contributed by atoms with Gasteiger partial charge in [-0.1, -0.05) is 26.0 Å². The first-order chi connectivity index (χ1) is 6.59. The molecule has 1 saturated heterocycles. The van der Waals surface area contributed by atoms with Crippen molar-refractivity contribution >= 4 is 0 Å². The van der Waals surface area contributed by atoms with Crippen LogP contribution in [0, 0.1) is 5.41 Å². The molecule has 0 aliphatic carbocycles. The largest absolute Gasteiger partial charge is 0.508 e. The Bertz CT molecular complexity index is 333. The zero-order valence-corrected chi connectivity index (χ0v) is 8.75. The minimum atomic E-state index is 0.286. The number of phenolic OH excluding ortho intramolecular Hbond substituents is 1. The highest BCUT2D eigenvalue weighted by Gasteiger charge is 2.35. The Kier molecular flexibility index (Phi) is 2.23. The predicted octanol–water partition coefficient (Wildman–Crippen LogP) is 2.11. The fourth-order valence-corrected chi connectivity index (χ4v) is 2.25. The van der Waals surface area contributed by atoms with E-state index in [-0.39, 0.29) is 5.41 Å². The summed E-state index contributed by atoms with van der Waals surface area (Å²) in [5, 5.41) is 12.8. The first-order valence-electron chi connectivity index (χ1n) is 5.09. The molecule has 1 fully saturated rings. The molecule has 2 heteroatoms. The Morgan fingerprint density at radius 1 is 1.43 bits per heavy atom. The molecule has 1 heterocycles. The van der Waals surface area contributed by atoms with E-state index in [4.69, 9.17) is 0 Å². The molecule has 1 unspecified atom stereocenters. The van der Waals surface area contributed by atoms with Crippen LogP contribution in [0.4, 0.5) is 0 Å². The van der Waals surface area contributed by atoms with Gasteiger partial charge < -0.3 is 10.4 Å². The van der Waals surface area contributed by atoms with Crippen LogP contribution in [0.5, 0.6) is 5.75 Å². The van der Waals surface area contributed by atoms with E-state index in [2.05, 4.69) is 25.2 Å². The topological polar surface area (TPSA) is 32.3 Å². The van der Waals surface area contributed by atoms with Crippen molar-refractivity contribution in [2.24, 2.45) is 5.41 Å². The van der Waals surface area contributed by atoms with E-state index < -0.39 is 0 Å². The van der Waals surface area contributed by atoms with Crippen molar-refractivity contribution in [1.29, 1.82) is 0 Å². The molecule has 0 saturated carbocycles. The highest BCUT2D eigenvalue weighted by Crippen LogP contribution is 2.38.